The lowest BCUT2D eigenvalue weighted by molar-refractivity contribution is 0.371. The van der Waals surface area contributed by atoms with Crippen LogP contribution < -0.4 is 11.1 Å². The Morgan fingerprint density at radius 3 is 3.12 bits per heavy atom. The third kappa shape index (κ3) is 2.24. The number of pyridine rings is 1. The summed E-state index contributed by atoms with van der Waals surface area (Å²) in [5.41, 5.74) is 7.34. The molecule has 1 fully saturated rings. The van der Waals surface area contributed by atoms with Gasteiger partial charge in [-0.05, 0) is 44.0 Å². The number of hydrogen-bond acceptors (Lipinski definition) is 4. The molecule has 0 spiro atoms. The number of hydrogen-bond donors (Lipinski definition) is 3. The van der Waals surface area contributed by atoms with E-state index in [4.69, 9.17) is 5.73 Å². The van der Waals surface area contributed by atoms with Crippen molar-refractivity contribution < 1.29 is 0 Å². The predicted octanol–water partition coefficient (Wildman–Crippen LogP) is 1.08. The lowest BCUT2D eigenvalue weighted by Gasteiger charge is -2.21. The predicted molar refractivity (Wildman–Crippen MR) is 67.6 cm³/mol. The molecule has 0 aliphatic carbocycles. The first-order chi connectivity index (χ1) is 8.31. The number of H-pyrrole nitrogens is 1. The SMILES string of the molecule is Nc1ccc2[nH]c(CC3CCCNC3)nc2n1. The Labute approximate surface area is 99.8 Å². The number of nitrogens with zero attached hydrogens (tertiary/aromatic N) is 2. The van der Waals surface area contributed by atoms with Crippen LogP contribution in [-0.4, -0.2) is 28.0 Å². The molecule has 4 N–H and O–H groups in total. The summed E-state index contributed by atoms with van der Waals surface area (Å²) >= 11 is 0. The topological polar surface area (TPSA) is 79.6 Å². The Balaban J connectivity index is 1.80. The van der Waals surface area contributed by atoms with E-state index in [1.807, 2.05) is 6.07 Å². The minimum absolute atomic E-state index is 0.523. The zero-order valence-corrected chi connectivity index (χ0v) is 9.74. The fourth-order valence-corrected chi connectivity index (χ4v) is 2.43. The zero-order valence-electron chi connectivity index (χ0n) is 9.74. The quantitative estimate of drug-likeness (QED) is 0.722. The fourth-order valence-electron chi connectivity index (χ4n) is 2.43. The maximum absolute atomic E-state index is 5.64. The van der Waals surface area contributed by atoms with E-state index in [-0.39, 0.29) is 0 Å². The summed E-state index contributed by atoms with van der Waals surface area (Å²) in [6, 6.07) is 3.74. The molecule has 5 heteroatoms. The molecule has 1 atom stereocenters. The lowest BCUT2D eigenvalue weighted by atomic mass is 9.96. The minimum Gasteiger partial charge on any atom is -0.384 e. The van der Waals surface area contributed by atoms with Crippen LogP contribution in [0.2, 0.25) is 0 Å². The Kier molecular flexibility index (Phi) is 2.68. The molecule has 3 rings (SSSR count). The number of imidazole rings is 1. The third-order valence-electron chi connectivity index (χ3n) is 3.30. The number of fused-ring (bicyclic) bond motifs is 1. The number of piperidine rings is 1. The molecule has 3 heterocycles. The van der Waals surface area contributed by atoms with Crippen LogP contribution in [0.15, 0.2) is 12.1 Å². The van der Waals surface area contributed by atoms with E-state index >= 15 is 0 Å². The van der Waals surface area contributed by atoms with E-state index in [2.05, 4.69) is 20.3 Å². The maximum Gasteiger partial charge on any atom is 0.179 e. The number of nitrogens with two attached hydrogens (primary N) is 1. The molecule has 0 radical (unpaired) electrons. The van der Waals surface area contributed by atoms with Gasteiger partial charge in [-0.3, -0.25) is 0 Å². The number of nitrogen functional groups attached to an aromatic ring is 1. The van der Waals surface area contributed by atoms with Crippen LogP contribution in [0.4, 0.5) is 5.82 Å². The van der Waals surface area contributed by atoms with Gasteiger partial charge in [0.15, 0.2) is 5.65 Å². The highest BCUT2D eigenvalue weighted by Gasteiger charge is 2.15. The van der Waals surface area contributed by atoms with Crippen molar-refractivity contribution in [3.05, 3.63) is 18.0 Å². The molecule has 0 saturated carbocycles. The molecule has 1 saturated heterocycles. The van der Waals surface area contributed by atoms with Crippen LogP contribution in [0.25, 0.3) is 11.2 Å². The van der Waals surface area contributed by atoms with E-state index in [0.29, 0.717) is 11.7 Å². The van der Waals surface area contributed by atoms with Crippen LogP contribution in [0.1, 0.15) is 18.7 Å². The summed E-state index contributed by atoms with van der Waals surface area (Å²) in [5.74, 6) is 2.23. The van der Waals surface area contributed by atoms with Crippen LogP contribution in [0, 0.1) is 5.92 Å². The maximum atomic E-state index is 5.64. The lowest BCUT2D eigenvalue weighted by Crippen LogP contribution is -2.31. The Morgan fingerprint density at radius 1 is 1.35 bits per heavy atom. The van der Waals surface area contributed by atoms with Crippen LogP contribution in [-0.2, 0) is 6.42 Å². The second-order valence-electron chi connectivity index (χ2n) is 4.71. The smallest absolute Gasteiger partial charge is 0.179 e. The second kappa shape index (κ2) is 4.33. The van der Waals surface area contributed by atoms with Crippen molar-refractivity contribution in [3.63, 3.8) is 0 Å². The largest absolute Gasteiger partial charge is 0.384 e. The van der Waals surface area contributed by atoms with Gasteiger partial charge in [0.25, 0.3) is 0 Å². The summed E-state index contributed by atoms with van der Waals surface area (Å²) in [6.45, 7) is 2.24. The van der Waals surface area contributed by atoms with Gasteiger partial charge in [-0.2, -0.15) is 0 Å². The molecular formula is C12H17N5. The van der Waals surface area contributed by atoms with Crippen molar-refractivity contribution in [1.29, 1.82) is 0 Å². The van der Waals surface area contributed by atoms with Gasteiger partial charge in [0.05, 0.1) is 5.52 Å². The van der Waals surface area contributed by atoms with Gasteiger partial charge in [-0.25, -0.2) is 9.97 Å². The van der Waals surface area contributed by atoms with E-state index in [1.54, 1.807) is 6.07 Å². The first-order valence-electron chi connectivity index (χ1n) is 6.13. The third-order valence-corrected chi connectivity index (χ3v) is 3.30. The molecule has 2 aromatic rings. The monoisotopic (exact) mass is 231 g/mol. The van der Waals surface area contributed by atoms with Crippen LogP contribution in [0.5, 0.6) is 0 Å². The molecule has 0 amide bonds. The van der Waals surface area contributed by atoms with Gasteiger partial charge in [0.2, 0.25) is 0 Å². The van der Waals surface area contributed by atoms with Crippen molar-refractivity contribution in [1.82, 2.24) is 20.3 Å². The number of anilines is 1. The van der Waals surface area contributed by atoms with Gasteiger partial charge in [0.1, 0.15) is 11.6 Å². The zero-order chi connectivity index (χ0) is 11.7. The molecule has 5 nitrogen and oxygen atoms in total. The van der Waals surface area contributed by atoms with E-state index in [1.165, 1.54) is 12.8 Å². The average Bonchev–Trinajstić information content (AvgIpc) is 2.71. The van der Waals surface area contributed by atoms with Gasteiger partial charge < -0.3 is 16.0 Å². The molecule has 1 aliphatic heterocycles. The van der Waals surface area contributed by atoms with Gasteiger partial charge in [-0.1, -0.05) is 0 Å². The van der Waals surface area contributed by atoms with Crippen LogP contribution in [0.3, 0.4) is 0 Å². The van der Waals surface area contributed by atoms with Gasteiger partial charge in [0, 0.05) is 6.42 Å². The molecule has 17 heavy (non-hydrogen) atoms. The molecular weight excluding hydrogens is 214 g/mol. The Morgan fingerprint density at radius 2 is 2.29 bits per heavy atom. The summed E-state index contributed by atoms with van der Waals surface area (Å²) < 4.78 is 0. The normalized spacial score (nSPS) is 20.8. The van der Waals surface area contributed by atoms with Crippen LogP contribution >= 0.6 is 0 Å². The molecule has 90 valence electrons. The van der Waals surface area contributed by atoms with Crippen molar-refractivity contribution in [2.45, 2.75) is 19.3 Å². The second-order valence-corrected chi connectivity index (χ2v) is 4.71. The number of aromatic amines is 1. The molecule has 1 aliphatic rings. The van der Waals surface area contributed by atoms with Gasteiger partial charge >= 0.3 is 0 Å². The number of rotatable bonds is 2. The summed E-state index contributed by atoms with van der Waals surface area (Å²) in [6.07, 6.45) is 3.53. The molecule has 0 aromatic carbocycles. The van der Waals surface area contributed by atoms with Crippen molar-refractivity contribution in [2.75, 3.05) is 18.8 Å². The summed E-state index contributed by atoms with van der Waals surface area (Å²) in [7, 11) is 0. The fraction of sp³-hybridized carbons (Fsp3) is 0.500. The highest BCUT2D eigenvalue weighted by molar-refractivity contribution is 5.72. The average molecular weight is 231 g/mol. The molecule has 2 aromatic heterocycles. The van der Waals surface area contributed by atoms with Crippen molar-refractivity contribution in [2.24, 2.45) is 5.92 Å². The van der Waals surface area contributed by atoms with Gasteiger partial charge in [-0.15, -0.1) is 0 Å². The summed E-state index contributed by atoms with van der Waals surface area (Å²) in [4.78, 5) is 12.0. The molecule has 0 bridgehead atoms. The Bertz CT molecular complexity index is 513. The first kappa shape index (κ1) is 10.5. The highest BCUT2D eigenvalue weighted by atomic mass is 15.0. The number of aromatic nitrogens is 3. The highest BCUT2D eigenvalue weighted by Crippen LogP contribution is 2.17. The van der Waals surface area contributed by atoms with E-state index < -0.39 is 0 Å². The standard InChI is InChI=1S/C12H17N5/c13-10-4-3-9-12(16-10)17-11(15-9)6-8-2-1-5-14-7-8/h3-4,8,14H,1-2,5-7H2,(H3,13,15,16,17). The minimum atomic E-state index is 0.523. The van der Waals surface area contributed by atoms with Crippen molar-refractivity contribution in [3.8, 4) is 0 Å². The number of nitrogens with one attached hydrogen (secondary N) is 2. The summed E-state index contributed by atoms with van der Waals surface area (Å²) in [5, 5.41) is 3.42. The Hall–Kier alpha value is -1.62. The van der Waals surface area contributed by atoms with E-state index in [9.17, 15) is 0 Å². The molecule has 1 unspecified atom stereocenters. The van der Waals surface area contributed by atoms with Crippen molar-refractivity contribution >= 4 is 17.0 Å². The van der Waals surface area contributed by atoms with E-state index in [0.717, 1.165) is 36.5 Å². The first-order valence-corrected chi connectivity index (χ1v) is 6.13.